The Morgan fingerprint density at radius 1 is 1.43 bits per heavy atom. The summed E-state index contributed by atoms with van der Waals surface area (Å²) in [5.74, 6) is 0.720. The van der Waals surface area contributed by atoms with Crippen molar-refractivity contribution < 1.29 is 9.53 Å². The molecule has 2 unspecified atom stereocenters. The third-order valence-electron chi connectivity index (χ3n) is 3.26. The van der Waals surface area contributed by atoms with Crippen molar-refractivity contribution in [3.8, 4) is 5.75 Å². The summed E-state index contributed by atoms with van der Waals surface area (Å²) in [4.78, 5) is 12.0. The van der Waals surface area contributed by atoms with Gasteiger partial charge in [-0.2, -0.15) is 0 Å². The highest BCUT2D eigenvalue weighted by molar-refractivity contribution is 5.85. The average Bonchev–Trinajstić information content (AvgIpc) is 2.38. The lowest BCUT2D eigenvalue weighted by Gasteiger charge is -2.24. The van der Waals surface area contributed by atoms with Crippen LogP contribution in [0, 0.1) is 6.92 Å². The van der Waals surface area contributed by atoms with Crippen molar-refractivity contribution in [1.82, 2.24) is 5.32 Å². The minimum atomic E-state index is -0.808. The Hall–Kier alpha value is -1.26. The first-order valence-electron chi connectivity index (χ1n) is 7.16. The standard InChI is InChI=1S/C16H26N2O2.ClH/c1-5-10-16(4,17)15(19)18-11-13(3)20-14-9-7-6-8-12(14)2;/h6-9,13H,5,10-11,17H2,1-4H3,(H,18,19);1H. The molecule has 3 N–H and O–H groups in total. The van der Waals surface area contributed by atoms with Crippen LogP contribution in [0.3, 0.4) is 0 Å². The molecule has 0 heterocycles. The van der Waals surface area contributed by atoms with Crippen molar-refractivity contribution in [2.24, 2.45) is 5.73 Å². The number of rotatable bonds is 7. The van der Waals surface area contributed by atoms with Gasteiger partial charge in [0, 0.05) is 0 Å². The summed E-state index contributed by atoms with van der Waals surface area (Å²) in [6.45, 7) is 8.16. The molecule has 5 heteroatoms. The molecule has 0 spiro atoms. The maximum Gasteiger partial charge on any atom is 0.239 e. The zero-order valence-corrected chi connectivity index (χ0v) is 14.1. The van der Waals surface area contributed by atoms with Crippen molar-refractivity contribution in [3.05, 3.63) is 29.8 Å². The molecule has 0 bridgehead atoms. The van der Waals surface area contributed by atoms with Gasteiger partial charge in [0.1, 0.15) is 11.9 Å². The molecule has 0 aliphatic carbocycles. The van der Waals surface area contributed by atoms with E-state index < -0.39 is 5.54 Å². The molecule has 21 heavy (non-hydrogen) atoms. The Morgan fingerprint density at radius 2 is 2.05 bits per heavy atom. The van der Waals surface area contributed by atoms with Crippen LogP contribution in [0.4, 0.5) is 0 Å². The number of carbonyl (C=O) groups is 1. The molecular weight excluding hydrogens is 288 g/mol. The van der Waals surface area contributed by atoms with Gasteiger partial charge in [-0.3, -0.25) is 4.79 Å². The van der Waals surface area contributed by atoms with E-state index in [1.807, 2.05) is 45.0 Å². The first-order chi connectivity index (χ1) is 9.36. The Balaban J connectivity index is 0.00000400. The van der Waals surface area contributed by atoms with Gasteiger partial charge in [0.25, 0.3) is 0 Å². The third kappa shape index (κ3) is 6.36. The lowest BCUT2D eigenvalue weighted by Crippen LogP contribution is -2.53. The fourth-order valence-electron chi connectivity index (χ4n) is 2.02. The minimum absolute atomic E-state index is 0. The van der Waals surface area contributed by atoms with Crippen LogP contribution in [0.25, 0.3) is 0 Å². The van der Waals surface area contributed by atoms with Crippen molar-refractivity contribution >= 4 is 18.3 Å². The minimum Gasteiger partial charge on any atom is -0.489 e. The van der Waals surface area contributed by atoms with Crippen molar-refractivity contribution in [1.29, 1.82) is 0 Å². The van der Waals surface area contributed by atoms with E-state index in [0.717, 1.165) is 17.7 Å². The van der Waals surface area contributed by atoms with E-state index in [4.69, 9.17) is 10.5 Å². The molecular formula is C16H27ClN2O2. The monoisotopic (exact) mass is 314 g/mol. The molecule has 120 valence electrons. The number of nitrogens with one attached hydrogen (secondary N) is 1. The fraction of sp³-hybridized carbons (Fsp3) is 0.562. The maximum atomic E-state index is 12.0. The number of hydrogen-bond acceptors (Lipinski definition) is 3. The first-order valence-corrected chi connectivity index (χ1v) is 7.16. The Labute approximate surface area is 133 Å². The Bertz CT molecular complexity index is 450. The van der Waals surface area contributed by atoms with Crippen LogP contribution in [0.15, 0.2) is 24.3 Å². The summed E-state index contributed by atoms with van der Waals surface area (Å²) in [6, 6.07) is 7.84. The summed E-state index contributed by atoms with van der Waals surface area (Å²) in [7, 11) is 0. The highest BCUT2D eigenvalue weighted by Crippen LogP contribution is 2.17. The number of aryl methyl sites for hydroxylation is 1. The summed E-state index contributed by atoms with van der Waals surface area (Å²) >= 11 is 0. The molecule has 0 fully saturated rings. The van der Waals surface area contributed by atoms with Gasteiger partial charge in [-0.05, 0) is 38.8 Å². The molecule has 1 rings (SSSR count). The maximum absolute atomic E-state index is 12.0. The van der Waals surface area contributed by atoms with E-state index >= 15 is 0 Å². The average molecular weight is 315 g/mol. The SMILES string of the molecule is CCCC(C)(N)C(=O)NCC(C)Oc1ccccc1C.Cl. The Kier molecular flexibility index (Phi) is 8.37. The molecule has 0 aliphatic rings. The number of carbonyl (C=O) groups excluding carboxylic acids is 1. The zero-order valence-electron chi connectivity index (χ0n) is 13.3. The van der Waals surface area contributed by atoms with Gasteiger partial charge in [0.15, 0.2) is 0 Å². The van der Waals surface area contributed by atoms with Crippen LogP contribution >= 0.6 is 12.4 Å². The van der Waals surface area contributed by atoms with E-state index in [2.05, 4.69) is 5.32 Å². The van der Waals surface area contributed by atoms with Gasteiger partial charge >= 0.3 is 0 Å². The van der Waals surface area contributed by atoms with Gasteiger partial charge in [0.05, 0.1) is 12.1 Å². The molecule has 1 amide bonds. The second-order valence-electron chi connectivity index (χ2n) is 5.57. The molecule has 0 radical (unpaired) electrons. The van der Waals surface area contributed by atoms with Crippen molar-refractivity contribution in [2.75, 3.05) is 6.54 Å². The highest BCUT2D eigenvalue weighted by atomic mass is 35.5. The van der Waals surface area contributed by atoms with Gasteiger partial charge in [-0.25, -0.2) is 0 Å². The molecule has 0 aromatic heterocycles. The van der Waals surface area contributed by atoms with Gasteiger partial charge in [-0.15, -0.1) is 12.4 Å². The van der Waals surface area contributed by atoms with Crippen molar-refractivity contribution in [3.63, 3.8) is 0 Å². The molecule has 2 atom stereocenters. The van der Waals surface area contributed by atoms with Crippen LogP contribution in [-0.4, -0.2) is 24.1 Å². The lowest BCUT2D eigenvalue weighted by molar-refractivity contribution is -0.126. The van der Waals surface area contributed by atoms with E-state index in [0.29, 0.717) is 13.0 Å². The fourth-order valence-corrected chi connectivity index (χ4v) is 2.02. The number of benzene rings is 1. The van der Waals surface area contributed by atoms with E-state index in [1.165, 1.54) is 0 Å². The first kappa shape index (κ1) is 19.7. The molecule has 0 saturated carbocycles. The third-order valence-corrected chi connectivity index (χ3v) is 3.26. The lowest BCUT2D eigenvalue weighted by atomic mass is 9.96. The largest absolute Gasteiger partial charge is 0.489 e. The van der Waals surface area contributed by atoms with Crippen LogP contribution in [0.5, 0.6) is 5.75 Å². The summed E-state index contributed by atoms with van der Waals surface area (Å²) < 4.78 is 5.81. The topological polar surface area (TPSA) is 64.4 Å². The highest BCUT2D eigenvalue weighted by Gasteiger charge is 2.27. The van der Waals surface area contributed by atoms with Crippen molar-refractivity contribution in [2.45, 2.75) is 52.2 Å². The second kappa shape index (κ2) is 8.90. The quantitative estimate of drug-likeness (QED) is 0.813. The number of nitrogens with two attached hydrogens (primary N) is 1. The Morgan fingerprint density at radius 3 is 2.62 bits per heavy atom. The van der Waals surface area contributed by atoms with E-state index in [1.54, 1.807) is 6.92 Å². The number of ether oxygens (including phenoxy) is 1. The van der Waals surface area contributed by atoms with Crippen LogP contribution in [0.1, 0.15) is 39.2 Å². The van der Waals surface area contributed by atoms with E-state index in [9.17, 15) is 4.79 Å². The zero-order chi connectivity index (χ0) is 15.2. The predicted octanol–water partition coefficient (Wildman–Crippen LogP) is 2.82. The molecule has 4 nitrogen and oxygen atoms in total. The predicted molar refractivity (Wildman–Crippen MR) is 89.0 cm³/mol. The van der Waals surface area contributed by atoms with Gasteiger partial charge < -0.3 is 15.8 Å². The van der Waals surface area contributed by atoms with Crippen LogP contribution in [0.2, 0.25) is 0 Å². The van der Waals surface area contributed by atoms with E-state index in [-0.39, 0.29) is 24.4 Å². The number of amides is 1. The molecule has 0 aliphatic heterocycles. The summed E-state index contributed by atoms with van der Waals surface area (Å²) in [5.41, 5.74) is 6.26. The normalized spacial score (nSPS) is 14.5. The number of para-hydroxylation sites is 1. The number of hydrogen-bond donors (Lipinski definition) is 2. The summed E-state index contributed by atoms with van der Waals surface area (Å²) in [6.07, 6.45) is 1.46. The second-order valence-corrected chi connectivity index (χ2v) is 5.57. The number of halogens is 1. The molecule has 1 aromatic carbocycles. The molecule has 0 saturated heterocycles. The van der Waals surface area contributed by atoms with Gasteiger partial charge in [-0.1, -0.05) is 31.5 Å². The molecule has 1 aromatic rings. The summed E-state index contributed by atoms with van der Waals surface area (Å²) in [5, 5.41) is 2.86. The van der Waals surface area contributed by atoms with Crippen LogP contribution in [-0.2, 0) is 4.79 Å². The van der Waals surface area contributed by atoms with Gasteiger partial charge in [0.2, 0.25) is 5.91 Å². The smallest absolute Gasteiger partial charge is 0.239 e. The van der Waals surface area contributed by atoms with Crippen LogP contribution < -0.4 is 15.8 Å².